The van der Waals surface area contributed by atoms with E-state index in [0.717, 1.165) is 18.3 Å². The largest absolute Gasteiger partial charge is 0.356 e. The van der Waals surface area contributed by atoms with Crippen molar-refractivity contribution in [2.45, 2.75) is 19.8 Å². The Morgan fingerprint density at radius 1 is 1.33 bits per heavy atom. The Morgan fingerprint density at radius 3 is 2.53 bits per heavy atom. The zero-order valence-corrected chi connectivity index (χ0v) is 8.82. The van der Waals surface area contributed by atoms with Gasteiger partial charge in [0.15, 0.2) is 0 Å². The summed E-state index contributed by atoms with van der Waals surface area (Å²) in [6.07, 6.45) is 2.14. The molecule has 0 heterocycles. The maximum Gasteiger partial charge on any atom is 0.219 e. The van der Waals surface area contributed by atoms with Crippen molar-refractivity contribution in [2.24, 2.45) is 0 Å². The second-order valence-electron chi connectivity index (χ2n) is 3.31. The molecule has 3 heteroatoms. The third-order valence-electron chi connectivity index (χ3n) is 2.17. The highest BCUT2D eigenvalue weighted by molar-refractivity contribution is 5.75. The monoisotopic (exact) mass is 205 g/mol. The molecule has 15 heavy (non-hydrogen) atoms. The average Bonchev–Trinajstić information content (AvgIpc) is 2.29. The Labute approximate surface area is 89.5 Å². The Kier molecular flexibility index (Phi) is 4.54. The molecule has 1 rings (SSSR count). The number of carbonyl (C=O) groups excluding carboxylic acids is 2. The van der Waals surface area contributed by atoms with Crippen LogP contribution in [0.3, 0.4) is 0 Å². The molecule has 0 saturated carbocycles. The lowest BCUT2D eigenvalue weighted by atomic mass is 10.1. The smallest absolute Gasteiger partial charge is 0.219 e. The third-order valence-corrected chi connectivity index (χ3v) is 2.17. The molecule has 0 aliphatic rings. The molecule has 0 fully saturated rings. The highest BCUT2D eigenvalue weighted by atomic mass is 16.1. The zero-order chi connectivity index (χ0) is 11.1. The number of aldehydes is 1. The van der Waals surface area contributed by atoms with Gasteiger partial charge in [0.1, 0.15) is 6.29 Å². The van der Waals surface area contributed by atoms with Gasteiger partial charge in [0.25, 0.3) is 0 Å². The highest BCUT2D eigenvalue weighted by Crippen LogP contribution is 2.02. The predicted octanol–water partition coefficient (Wildman–Crippen LogP) is 1.57. The molecule has 1 aromatic rings. The van der Waals surface area contributed by atoms with E-state index in [4.69, 9.17) is 0 Å². The van der Waals surface area contributed by atoms with E-state index in [9.17, 15) is 9.59 Å². The highest BCUT2D eigenvalue weighted by Gasteiger charge is 1.97. The van der Waals surface area contributed by atoms with Crippen molar-refractivity contribution in [2.75, 3.05) is 6.54 Å². The summed E-state index contributed by atoms with van der Waals surface area (Å²) in [5.41, 5.74) is 1.80. The molecule has 1 N–H and O–H groups in total. The SMILES string of the molecule is CCC(=O)NCCc1ccc(C=O)cc1. The molecule has 0 unspecified atom stereocenters. The number of hydrogen-bond donors (Lipinski definition) is 1. The Hall–Kier alpha value is -1.64. The van der Waals surface area contributed by atoms with Gasteiger partial charge in [-0.15, -0.1) is 0 Å². The molecule has 0 saturated heterocycles. The molecule has 0 aliphatic heterocycles. The van der Waals surface area contributed by atoms with E-state index < -0.39 is 0 Å². The molecule has 1 aromatic carbocycles. The standard InChI is InChI=1S/C12H15NO2/c1-2-12(15)13-8-7-10-3-5-11(9-14)6-4-10/h3-6,9H,2,7-8H2,1H3,(H,13,15). The maximum absolute atomic E-state index is 10.9. The fourth-order valence-electron chi connectivity index (χ4n) is 1.23. The van der Waals surface area contributed by atoms with E-state index in [1.807, 2.05) is 19.1 Å². The summed E-state index contributed by atoms with van der Waals surface area (Å²) in [6, 6.07) is 7.37. The topological polar surface area (TPSA) is 46.2 Å². The first-order valence-corrected chi connectivity index (χ1v) is 5.07. The number of rotatable bonds is 5. The molecule has 1 amide bonds. The minimum absolute atomic E-state index is 0.0690. The number of hydrogen-bond acceptors (Lipinski definition) is 2. The molecular formula is C12H15NO2. The van der Waals surface area contributed by atoms with Crippen LogP contribution in [0.5, 0.6) is 0 Å². The van der Waals surface area contributed by atoms with Crippen molar-refractivity contribution in [3.8, 4) is 0 Å². The second kappa shape index (κ2) is 5.96. The van der Waals surface area contributed by atoms with E-state index in [2.05, 4.69) is 5.32 Å². The summed E-state index contributed by atoms with van der Waals surface area (Å²) in [5, 5.41) is 2.80. The lowest BCUT2D eigenvalue weighted by Gasteiger charge is -2.03. The Bertz CT molecular complexity index is 330. The zero-order valence-electron chi connectivity index (χ0n) is 8.82. The van der Waals surface area contributed by atoms with Gasteiger partial charge in [-0.3, -0.25) is 9.59 Å². The van der Waals surface area contributed by atoms with Crippen LogP contribution in [0.4, 0.5) is 0 Å². The Balaban J connectivity index is 2.37. The van der Waals surface area contributed by atoms with Crippen molar-refractivity contribution >= 4 is 12.2 Å². The number of amides is 1. The van der Waals surface area contributed by atoms with Crippen LogP contribution in [-0.4, -0.2) is 18.7 Å². The van der Waals surface area contributed by atoms with E-state index in [-0.39, 0.29) is 5.91 Å². The van der Waals surface area contributed by atoms with Gasteiger partial charge in [-0.25, -0.2) is 0 Å². The molecule has 3 nitrogen and oxygen atoms in total. The van der Waals surface area contributed by atoms with Crippen LogP contribution < -0.4 is 5.32 Å². The van der Waals surface area contributed by atoms with Gasteiger partial charge < -0.3 is 5.32 Å². The van der Waals surface area contributed by atoms with Crippen LogP contribution in [0.15, 0.2) is 24.3 Å². The van der Waals surface area contributed by atoms with Crippen molar-refractivity contribution in [3.05, 3.63) is 35.4 Å². The quantitative estimate of drug-likeness (QED) is 0.741. The van der Waals surface area contributed by atoms with E-state index in [1.54, 1.807) is 12.1 Å². The fourth-order valence-corrected chi connectivity index (χ4v) is 1.23. The third kappa shape index (κ3) is 3.94. The first kappa shape index (κ1) is 11.4. The first-order chi connectivity index (χ1) is 7.26. The van der Waals surface area contributed by atoms with Gasteiger partial charge in [-0.05, 0) is 12.0 Å². The van der Waals surface area contributed by atoms with Gasteiger partial charge in [0.05, 0.1) is 0 Å². The van der Waals surface area contributed by atoms with Crippen LogP contribution in [0.1, 0.15) is 29.3 Å². The van der Waals surface area contributed by atoms with Crippen molar-refractivity contribution in [3.63, 3.8) is 0 Å². The van der Waals surface area contributed by atoms with Crippen molar-refractivity contribution in [1.29, 1.82) is 0 Å². The summed E-state index contributed by atoms with van der Waals surface area (Å²) >= 11 is 0. The number of nitrogens with one attached hydrogen (secondary N) is 1. The lowest BCUT2D eigenvalue weighted by molar-refractivity contribution is -0.120. The van der Waals surface area contributed by atoms with Gasteiger partial charge in [-0.1, -0.05) is 31.2 Å². The maximum atomic E-state index is 10.9. The molecule has 0 atom stereocenters. The van der Waals surface area contributed by atoms with Crippen LogP contribution in [0, 0.1) is 0 Å². The van der Waals surface area contributed by atoms with Gasteiger partial charge >= 0.3 is 0 Å². The second-order valence-corrected chi connectivity index (χ2v) is 3.31. The van der Waals surface area contributed by atoms with Gasteiger partial charge in [0.2, 0.25) is 5.91 Å². The fraction of sp³-hybridized carbons (Fsp3) is 0.333. The predicted molar refractivity (Wildman–Crippen MR) is 58.8 cm³/mol. The molecule has 80 valence electrons. The van der Waals surface area contributed by atoms with E-state index >= 15 is 0 Å². The van der Waals surface area contributed by atoms with E-state index in [1.165, 1.54) is 0 Å². The minimum Gasteiger partial charge on any atom is -0.356 e. The molecule has 0 aromatic heterocycles. The van der Waals surface area contributed by atoms with Crippen LogP contribution in [-0.2, 0) is 11.2 Å². The summed E-state index contributed by atoms with van der Waals surface area (Å²) in [4.78, 5) is 21.3. The average molecular weight is 205 g/mol. The summed E-state index contributed by atoms with van der Waals surface area (Å²) in [6.45, 7) is 2.47. The van der Waals surface area contributed by atoms with E-state index in [0.29, 0.717) is 18.5 Å². The number of benzene rings is 1. The Morgan fingerprint density at radius 2 is 2.00 bits per heavy atom. The van der Waals surface area contributed by atoms with Gasteiger partial charge in [0, 0.05) is 18.5 Å². The van der Waals surface area contributed by atoms with Crippen LogP contribution in [0.2, 0.25) is 0 Å². The lowest BCUT2D eigenvalue weighted by Crippen LogP contribution is -2.24. The van der Waals surface area contributed by atoms with Crippen molar-refractivity contribution in [1.82, 2.24) is 5.32 Å². The first-order valence-electron chi connectivity index (χ1n) is 5.07. The minimum atomic E-state index is 0.0690. The van der Waals surface area contributed by atoms with Crippen LogP contribution >= 0.6 is 0 Å². The summed E-state index contributed by atoms with van der Waals surface area (Å²) < 4.78 is 0. The molecule has 0 spiro atoms. The molecule has 0 bridgehead atoms. The normalized spacial score (nSPS) is 9.67. The van der Waals surface area contributed by atoms with Crippen molar-refractivity contribution < 1.29 is 9.59 Å². The summed E-state index contributed by atoms with van der Waals surface area (Å²) in [7, 11) is 0. The molecular weight excluding hydrogens is 190 g/mol. The number of carbonyl (C=O) groups is 2. The summed E-state index contributed by atoms with van der Waals surface area (Å²) in [5.74, 6) is 0.0690. The molecule has 0 radical (unpaired) electrons. The van der Waals surface area contributed by atoms with Gasteiger partial charge in [-0.2, -0.15) is 0 Å². The van der Waals surface area contributed by atoms with Crippen LogP contribution in [0.25, 0.3) is 0 Å². The molecule has 0 aliphatic carbocycles.